The number of carbonyl (C=O) groups is 2. The molecule has 9 unspecified atom stereocenters. The second kappa shape index (κ2) is 11.9. The van der Waals surface area contributed by atoms with Gasteiger partial charge in [0.25, 0.3) is 0 Å². The number of nitriles is 1. The molecule has 4 rings (SSSR count). The third kappa shape index (κ3) is 5.56. The molecule has 0 aliphatic heterocycles. The van der Waals surface area contributed by atoms with Crippen LogP contribution < -0.4 is 5.32 Å². The molecule has 0 aromatic heterocycles. The third-order valence-electron chi connectivity index (χ3n) is 12.6. The van der Waals surface area contributed by atoms with E-state index in [2.05, 4.69) is 32.2 Å². The highest BCUT2D eigenvalue weighted by Gasteiger charge is 2.65. The van der Waals surface area contributed by atoms with Crippen molar-refractivity contribution in [3.05, 3.63) is 0 Å². The number of hydrogen-bond acceptors (Lipinski definition) is 6. The van der Waals surface area contributed by atoms with Crippen molar-refractivity contribution in [1.82, 2.24) is 5.32 Å². The molecule has 0 spiro atoms. The van der Waals surface area contributed by atoms with Gasteiger partial charge in [-0.3, -0.25) is 9.59 Å². The molecule has 1 amide bonds. The maximum absolute atomic E-state index is 12.8. The number of ether oxygens (including phenoxy) is 1. The van der Waals surface area contributed by atoms with Crippen LogP contribution in [0.25, 0.3) is 0 Å². The van der Waals surface area contributed by atoms with E-state index in [1.54, 1.807) is 0 Å². The van der Waals surface area contributed by atoms with Crippen molar-refractivity contribution in [2.45, 2.75) is 130 Å². The number of aliphatic hydroxyl groups excluding tert-OH is 2. The van der Waals surface area contributed by atoms with Crippen LogP contribution in [0.5, 0.6) is 0 Å². The minimum Gasteiger partial charge on any atom is -0.462 e. The van der Waals surface area contributed by atoms with Gasteiger partial charge in [-0.25, -0.2) is 0 Å². The molecule has 0 aromatic rings. The van der Waals surface area contributed by atoms with Crippen molar-refractivity contribution in [3.63, 3.8) is 0 Å². The molecular formula is C33H54N2O5. The van der Waals surface area contributed by atoms with Gasteiger partial charge >= 0.3 is 5.97 Å². The molecule has 4 saturated carbocycles. The summed E-state index contributed by atoms with van der Waals surface area (Å²) < 4.78 is 6.01. The molecular weight excluding hydrogens is 504 g/mol. The number of rotatable bonds is 9. The highest BCUT2D eigenvalue weighted by Crippen LogP contribution is 2.68. The van der Waals surface area contributed by atoms with E-state index in [9.17, 15) is 19.8 Å². The second-order valence-corrected chi connectivity index (χ2v) is 14.9. The minimum absolute atomic E-state index is 0.00716. The minimum atomic E-state index is -0.479. The van der Waals surface area contributed by atoms with E-state index in [-0.39, 0.29) is 52.5 Å². The Morgan fingerprint density at radius 2 is 1.85 bits per heavy atom. The summed E-state index contributed by atoms with van der Waals surface area (Å²) in [4.78, 5) is 25.1. The first-order valence-corrected chi connectivity index (χ1v) is 16.0. The Morgan fingerprint density at radius 3 is 2.52 bits per heavy atom. The number of nitrogens with one attached hydrogen (secondary N) is 1. The standard InChI is InChI=1S/C33H54N2O5/c1-7-31(3,4)30(39)40-22-13-14-32(5)21(17-22)18-26(36)29-24-11-10-23(33(24,6)27(37)19-25(29)32)20(2)9-12-28(38)35-16-8-15-34/h20-27,29,36-37H,7-14,16-19H2,1-6H3,(H,35,38)/t20?,21?,22?,23?,24?,25?,26?,27?,29?,32-,33+/m0/s1. The Balaban J connectivity index is 1.44. The fourth-order valence-corrected chi connectivity index (χ4v) is 9.58. The molecule has 0 aromatic carbocycles. The number of hydrogen-bond donors (Lipinski definition) is 3. The molecule has 226 valence electrons. The monoisotopic (exact) mass is 558 g/mol. The van der Waals surface area contributed by atoms with Gasteiger partial charge in [-0.15, -0.1) is 0 Å². The summed E-state index contributed by atoms with van der Waals surface area (Å²) in [5, 5.41) is 35.0. The first kappa shape index (κ1) is 31.3. The van der Waals surface area contributed by atoms with E-state index < -0.39 is 17.6 Å². The van der Waals surface area contributed by atoms with Crippen molar-refractivity contribution in [2.75, 3.05) is 6.54 Å². The van der Waals surface area contributed by atoms with E-state index >= 15 is 0 Å². The molecule has 40 heavy (non-hydrogen) atoms. The lowest BCUT2D eigenvalue weighted by molar-refractivity contribution is -0.210. The van der Waals surface area contributed by atoms with Crippen LogP contribution in [0.3, 0.4) is 0 Å². The molecule has 4 fully saturated rings. The van der Waals surface area contributed by atoms with Crippen LogP contribution in [0.1, 0.15) is 112 Å². The molecule has 7 heteroatoms. The summed E-state index contributed by atoms with van der Waals surface area (Å²) in [5.74, 6) is 1.48. The molecule has 0 saturated heterocycles. The zero-order chi connectivity index (χ0) is 29.5. The summed E-state index contributed by atoms with van der Waals surface area (Å²) in [6.45, 7) is 13.2. The van der Waals surface area contributed by atoms with Crippen LogP contribution in [-0.2, 0) is 14.3 Å². The third-order valence-corrected chi connectivity index (χ3v) is 12.6. The lowest BCUT2D eigenvalue weighted by Gasteiger charge is -2.63. The average molecular weight is 559 g/mol. The molecule has 3 N–H and O–H groups in total. The average Bonchev–Trinajstić information content (AvgIpc) is 3.27. The molecule has 7 nitrogen and oxygen atoms in total. The smallest absolute Gasteiger partial charge is 0.311 e. The van der Waals surface area contributed by atoms with Gasteiger partial charge in [0.2, 0.25) is 5.91 Å². The summed E-state index contributed by atoms with van der Waals surface area (Å²) in [6, 6.07) is 2.05. The fraction of sp³-hybridized carbons (Fsp3) is 0.909. The van der Waals surface area contributed by atoms with Gasteiger partial charge in [0.15, 0.2) is 0 Å². The van der Waals surface area contributed by atoms with E-state index in [4.69, 9.17) is 10.00 Å². The summed E-state index contributed by atoms with van der Waals surface area (Å²) in [7, 11) is 0. The molecule has 0 bridgehead atoms. The maximum Gasteiger partial charge on any atom is 0.311 e. The molecule has 4 aliphatic rings. The molecule has 0 heterocycles. The summed E-state index contributed by atoms with van der Waals surface area (Å²) >= 11 is 0. The lowest BCUT2D eigenvalue weighted by Crippen LogP contribution is -2.62. The Hall–Kier alpha value is -1.65. The Kier molecular flexibility index (Phi) is 9.32. The normalized spacial score (nSPS) is 41.6. The second-order valence-electron chi connectivity index (χ2n) is 14.9. The zero-order valence-electron chi connectivity index (χ0n) is 25.7. The number of aliphatic hydroxyl groups is 2. The fourth-order valence-electron chi connectivity index (χ4n) is 9.58. The van der Waals surface area contributed by atoms with E-state index in [0.29, 0.717) is 37.6 Å². The SMILES string of the molecule is CCC(C)(C)C(=O)OC1CC[C@@]2(C)C(C1)CC(O)C1C2CC(O)[C@]2(C)C(C(C)CCC(=O)NCCC#N)CCC12. The van der Waals surface area contributed by atoms with Crippen LogP contribution in [0.2, 0.25) is 0 Å². The van der Waals surface area contributed by atoms with Crippen LogP contribution in [0, 0.1) is 63.1 Å². The predicted octanol–water partition coefficient (Wildman–Crippen LogP) is 5.38. The van der Waals surface area contributed by atoms with E-state index in [0.717, 1.165) is 51.4 Å². The van der Waals surface area contributed by atoms with Crippen molar-refractivity contribution in [2.24, 2.45) is 51.8 Å². The van der Waals surface area contributed by atoms with Gasteiger partial charge in [-0.05, 0) is 118 Å². The zero-order valence-corrected chi connectivity index (χ0v) is 25.7. The first-order valence-electron chi connectivity index (χ1n) is 16.0. The number of amides is 1. The Labute approximate surface area is 241 Å². The number of fused-ring (bicyclic) bond motifs is 5. The van der Waals surface area contributed by atoms with Gasteiger partial charge in [-0.2, -0.15) is 5.26 Å². The van der Waals surface area contributed by atoms with Crippen LogP contribution in [0.4, 0.5) is 0 Å². The lowest BCUT2D eigenvalue weighted by atomic mass is 9.43. The number of esters is 1. The molecule has 11 atom stereocenters. The molecule has 0 radical (unpaired) electrons. The number of nitrogens with zero attached hydrogens (tertiary/aromatic N) is 1. The van der Waals surface area contributed by atoms with Gasteiger partial charge in [0.1, 0.15) is 6.10 Å². The highest BCUT2D eigenvalue weighted by atomic mass is 16.5. The van der Waals surface area contributed by atoms with Gasteiger partial charge in [-0.1, -0.05) is 27.7 Å². The van der Waals surface area contributed by atoms with Crippen molar-refractivity contribution in [1.29, 1.82) is 5.26 Å². The Morgan fingerprint density at radius 1 is 1.12 bits per heavy atom. The quantitative estimate of drug-likeness (QED) is 0.258. The summed E-state index contributed by atoms with van der Waals surface area (Å²) in [5.41, 5.74) is -0.714. The molecule has 4 aliphatic carbocycles. The van der Waals surface area contributed by atoms with E-state index in [1.807, 2.05) is 20.8 Å². The van der Waals surface area contributed by atoms with Gasteiger partial charge in [0.05, 0.1) is 30.1 Å². The van der Waals surface area contributed by atoms with Crippen LogP contribution >= 0.6 is 0 Å². The van der Waals surface area contributed by atoms with Gasteiger partial charge < -0.3 is 20.3 Å². The highest BCUT2D eigenvalue weighted by molar-refractivity contribution is 5.76. The van der Waals surface area contributed by atoms with Crippen molar-refractivity contribution >= 4 is 11.9 Å². The largest absolute Gasteiger partial charge is 0.462 e. The Bertz CT molecular complexity index is 976. The van der Waals surface area contributed by atoms with Crippen molar-refractivity contribution in [3.8, 4) is 6.07 Å². The maximum atomic E-state index is 12.8. The van der Waals surface area contributed by atoms with E-state index in [1.165, 1.54) is 0 Å². The van der Waals surface area contributed by atoms with Crippen LogP contribution in [0.15, 0.2) is 0 Å². The van der Waals surface area contributed by atoms with Crippen LogP contribution in [-0.4, -0.2) is 46.9 Å². The first-order chi connectivity index (χ1) is 18.8. The number of carbonyl (C=O) groups excluding carboxylic acids is 2. The predicted molar refractivity (Wildman–Crippen MR) is 154 cm³/mol. The van der Waals surface area contributed by atoms with Gasteiger partial charge in [0, 0.05) is 13.0 Å². The summed E-state index contributed by atoms with van der Waals surface area (Å²) in [6.07, 6.45) is 7.48. The van der Waals surface area contributed by atoms with Crippen molar-refractivity contribution < 1.29 is 24.5 Å². The topological polar surface area (TPSA) is 120 Å².